The van der Waals surface area contributed by atoms with Crippen LogP contribution in [-0.2, 0) is 4.79 Å². The molecule has 0 bridgehead atoms. The molecular formula is C15H33N3O2. The van der Waals surface area contributed by atoms with E-state index in [1.165, 1.54) is 0 Å². The average Bonchev–Trinajstić information content (AvgIpc) is 2.38. The molecule has 0 aliphatic rings. The molecule has 0 heterocycles. The summed E-state index contributed by atoms with van der Waals surface area (Å²) in [4.78, 5) is 15.8. The van der Waals surface area contributed by atoms with Crippen molar-refractivity contribution in [2.45, 2.75) is 45.1 Å². The molecule has 0 radical (unpaired) electrons. The summed E-state index contributed by atoms with van der Waals surface area (Å²) in [6, 6.07) is 0. The molecule has 0 aliphatic carbocycles. The Labute approximate surface area is 124 Å². The summed E-state index contributed by atoms with van der Waals surface area (Å²) in [5.74, 6) is -0.744. The molecule has 0 amide bonds. The third-order valence-electron chi connectivity index (χ3n) is 3.63. The summed E-state index contributed by atoms with van der Waals surface area (Å²) < 4.78 is 0. The average molecular weight is 287 g/mol. The largest absolute Gasteiger partial charge is 0.480 e. The lowest BCUT2D eigenvalue weighted by Crippen LogP contribution is -2.49. The second-order valence-corrected chi connectivity index (χ2v) is 6.13. The molecular weight excluding hydrogens is 254 g/mol. The third-order valence-corrected chi connectivity index (χ3v) is 3.63. The fourth-order valence-corrected chi connectivity index (χ4v) is 2.01. The van der Waals surface area contributed by atoms with E-state index in [1.54, 1.807) is 6.92 Å². The van der Waals surface area contributed by atoms with E-state index in [0.717, 1.165) is 45.4 Å². The van der Waals surface area contributed by atoms with Crippen LogP contribution >= 0.6 is 0 Å². The molecule has 0 saturated heterocycles. The van der Waals surface area contributed by atoms with Crippen molar-refractivity contribution in [1.82, 2.24) is 15.1 Å². The molecule has 0 fully saturated rings. The lowest BCUT2D eigenvalue weighted by Gasteiger charge is -2.26. The second-order valence-electron chi connectivity index (χ2n) is 6.13. The third kappa shape index (κ3) is 8.51. The predicted octanol–water partition coefficient (Wildman–Crippen LogP) is 1.49. The van der Waals surface area contributed by atoms with Crippen molar-refractivity contribution in [3.8, 4) is 0 Å². The number of hydrogen-bond donors (Lipinski definition) is 2. The van der Waals surface area contributed by atoms with Crippen molar-refractivity contribution < 1.29 is 9.90 Å². The summed E-state index contributed by atoms with van der Waals surface area (Å²) in [5.41, 5.74) is -0.780. The normalized spacial score (nSPS) is 14.8. The molecule has 120 valence electrons. The van der Waals surface area contributed by atoms with Crippen molar-refractivity contribution in [2.75, 3.05) is 47.3 Å². The Hall–Kier alpha value is -0.650. The van der Waals surface area contributed by atoms with Crippen molar-refractivity contribution in [3.05, 3.63) is 0 Å². The number of hydrogen-bond acceptors (Lipinski definition) is 4. The zero-order valence-corrected chi connectivity index (χ0v) is 13.9. The summed E-state index contributed by atoms with van der Waals surface area (Å²) in [5, 5.41) is 12.5. The molecule has 20 heavy (non-hydrogen) atoms. The number of unbranched alkanes of at least 4 members (excludes halogenated alkanes) is 1. The number of likely N-dealkylation sites (N-methyl/N-ethyl adjacent to an activating group) is 2. The van der Waals surface area contributed by atoms with Gasteiger partial charge in [0.05, 0.1) is 0 Å². The van der Waals surface area contributed by atoms with Crippen molar-refractivity contribution >= 4 is 5.97 Å². The SMILES string of the molecule is CCCNC(C)(CCCCN(C)CCN(C)C)C(=O)O. The van der Waals surface area contributed by atoms with Gasteiger partial charge in [-0.05, 0) is 66.8 Å². The first-order valence-corrected chi connectivity index (χ1v) is 7.63. The Morgan fingerprint density at radius 1 is 1.15 bits per heavy atom. The minimum absolute atomic E-state index is 0.684. The van der Waals surface area contributed by atoms with Crippen molar-refractivity contribution in [2.24, 2.45) is 0 Å². The van der Waals surface area contributed by atoms with Crippen LogP contribution in [0.5, 0.6) is 0 Å². The van der Waals surface area contributed by atoms with Gasteiger partial charge in [-0.25, -0.2) is 0 Å². The number of carbonyl (C=O) groups is 1. The summed E-state index contributed by atoms with van der Waals surface area (Å²) in [6.45, 7) is 7.73. The molecule has 0 spiro atoms. The molecule has 0 aromatic carbocycles. The Balaban J connectivity index is 3.92. The minimum Gasteiger partial charge on any atom is -0.480 e. The Morgan fingerprint density at radius 2 is 1.80 bits per heavy atom. The summed E-state index contributed by atoms with van der Waals surface area (Å²) in [7, 11) is 6.27. The van der Waals surface area contributed by atoms with Crippen LogP contribution in [0.4, 0.5) is 0 Å². The first-order chi connectivity index (χ1) is 9.31. The monoisotopic (exact) mass is 287 g/mol. The zero-order valence-electron chi connectivity index (χ0n) is 13.9. The van der Waals surface area contributed by atoms with E-state index in [-0.39, 0.29) is 0 Å². The lowest BCUT2D eigenvalue weighted by atomic mass is 9.94. The van der Waals surface area contributed by atoms with Crippen LogP contribution < -0.4 is 5.32 Å². The standard InChI is InChI=1S/C15H33N3O2/c1-6-10-16-15(2,14(19)20)9-7-8-11-18(5)13-12-17(3)4/h16H,6-13H2,1-5H3,(H,19,20). The highest BCUT2D eigenvalue weighted by Gasteiger charge is 2.31. The van der Waals surface area contributed by atoms with Gasteiger partial charge < -0.3 is 20.2 Å². The molecule has 2 N–H and O–H groups in total. The Morgan fingerprint density at radius 3 is 2.30 bits per heavy atom. The number of nitrogens with zero attached hydrogens (tertiary/aromatic N) is 2. The van der Waals surface area contributed by atoms with Crippen LogP contribution in [0.2, 0.25) is 0 Å². The van der Waals surface area contributed by atoms with Gasteiger partial charge in [0.15, 0.2) is 0 Å². The van der Waals surface area contributed by atoms with Gasteiger partial charge >= 0.3 is 5.97 Å². The Kier molecular flexibility index (Phi) is 9.80. The smallest absolute Gasteiger partial charge is 0.323 e. The van der Waals surface area contributed by atoms with Gasteiger partial charge in [0.2, 0.25) is 0 Å². The van der Waals surface area contributed by atoms with E-state index in [0.29, 0.717) is 6.42 Å². The molecule has 5 heteroatoms. The van der Waals surface area contributed by atoms with Gasteiger partial charge in [0, 0.05) is 13.1 Å². The topological polar surface area (TPSA) is 55.8 Å². The molecule has 0 aliphatic heterocycles. The van der Waals surface area contributed by atoms with Crippen molar-refractivity contribution in [1.29, 1.82) is 0 Å². The van der Waals surface area contributed by atoms with E-state index in [9.17, 15) is 9.90 Å². The van der Waals surface area contributed by atoms with Gasteiger partial charge in [-0.15, -0.1) is 0 Å². The maximum Gasteiger partial charge on any atom is 0.323 e. The van der Waals surface area contributed by atoms with E-state index in [2.05, 4.69) is 43.2 Å². The fraction of sp³-hybridized carbons (Fsp3) is 0.933. The maximum absolute atomic E-state index is 11.4. The molecule has 5 nitrogen and oxygen atoms in total. The summed E-state index contributed by atoms with van der Waals surface area (Å²) >= 11 is 0. The molecule has 1 atom stereocenters. The molecule has 0 saturated carbocycles. The molecule has 1 unspecified atom stereocenters. The van der Waals surface area contributed by atoms with Gasteiger partial charge in [-0.2, -0.15) is 0 Å². The van der Waals surface area contributed by atoms with Gasteiger partial charge in [-0.3, -0.25) is 4.79 Å². The number of rotatable bonds is 12. The lowest BCUT2D eigenvalue weighted by molar-refractivity contribution is -0.144. The minimum atomic E-state index is -0.780. The predicted molar refractivity (Wildman–Crippen MR) is 84.2 cm³/mol. The van der Waals surface area contributed by atoms with E-state index in [4.69, 9.17) is 0 Å². The van der Waals surface area contributed by atoms with E-state index < -0.39 is 11.5 Å². The summed E-state index contributed by atoms with van der Waals surface area (Å²) in [6.07, 6.45) is 3.62. The quantitative estimate of drug-likeness (QED) is 0.533. The van der Waals surface area contributed by atoms with Crippen LogP contribution in [0, 0.1) is 0 Å². The first-order valence-electron chi connectivity index (χ1n) is 7.63. The van der Waals surface area contributed by atoms with Crippen LogP contribution in [0.15, 0.2) is 0 Å². The highest BCUT2D eigenvalue weighted by molar-refractivity contribution is 5.78. The number of carboxylic acid groups (broad SMARTS) is 1. The van der Waals surface area contributed by atoms with Crippen LogP contribution in [0.1, 0.15) is 39.5 Å². The molecule has 0 rings (SSSR count). The van der Waals surface area contributed by atoms with Gasteiger partial charge in [0.25, 0.3) is 0 Å². The number of nitrogens with one attached hydrogen (secondary N) is 1. The second kappa shape index (κ2) is 10.1. The van der Waals surface area contributed by atoms with Crippen LogP contribution in [-0.4, -0.2) is 73.7 Å². The first kappa shape index (κ1) is 19.4. The highest BCUT2D eigenvalue weighted by Crippen LogP contribution is 2.14. The van der Waals surface area contributed by atoms with E-state index in [1.807, 2.05) is 0 Å². The number of aliphatic carboxylic acids is 1. The van der Waals surface area contributed by atoms with Crippen molar-refractivity contribution in [3.63, 3.8) is 0 Å². The number of carboxylic acids is 1. The molecule has 0 aromatic rings. The fourth-order valence-electron chi connectivity index (χ4n) is 2.01. The highest BCUT2D eigenvalue weighted by atomic mass is 16.4. The zero-order chi connectivity index (χ0) is 15.6. The van der Waals surface area contributed by atoms with E-state index >= 15 is 0 Å². The van der Waals surface area contributed by atoms with Crippen LogP contribution in [0.3, 0.4) is 0 Å². The maximum atomic E-state index is 11.4. The van der Waals surface area contributed by atoms with Crippen LogP contribution in [0.25, 0.3) is 0 Å². The van der Waals surface area contributed by atoms with Gasteiger partial charge in [-0.1, -0.05) is 6.92 Å². The molecule has 0 aromatic heterocycles. The van der Waals surface area contributed by atoms with Gasteiger partial charge in [0.1, 0.15) is 5.54 Å². The Bertz CT molecular complexity index is 272.